The maximum Gasteiger partial charge on any atom is 0.265 e. The number of carbonyl (C=O) groups is 1. The predicted molar refractivity (Wildman–Crippen MR) is 81.6 cm³/mol. The molecule has 2 rings (SSSR count). The van der Waals surface area contributed by atoms with E-state index in [-0.39, 0.29) is 5.91 Å². The van der Waals surface area contributed by atoms with Gasteiger partial charge >= 0.3 is 0 Å². The molecule has 2 nitrogen and oxygen atoms in total. The third-order valence-corrected chi connectivity index (χ3v) is 4.48. The lowest BCUT2D eigenvalue weighted by atomic mass is 9.99. The van der Waals surface area contributed by atoms with E-state index in [1.54, 1.807) is 7.05 Å². The molecule has 1 heterocycles. The minimum absolute atomic E-state index is 0.00984. The molecule has 0 spiro atoms. The Bertz CT molecular complexity index is 552. The predicted octanol–water partition coefficient (Wildman–Crippen LogP) is 3.44. The van der Waals surface area contributed by atoms with E-state index in [1.807, 2.05) is 6.08 Å². The van der Waals surface area contributed by atoms with Crippen molar-refractivity contribution in [3.05, 3.63) is 39.3 Å². The number of likely N-dealkylation sites (N-methyl/N-ethyl adjacent to an activating group) is 1. The van der Waals surface area contributed by atoms with Crippen LogP contribution < -0.4 is 0 Å². The Labute approximate surface area is 117 Å². The lowest BCUT2D eigenvalue weighted by Crippen LogP contribution is -2.22. The quantitative estimate of drug-likeness (QED) is 0.579. The molecule has 1 saturated heterocycles. The summed E-state index contributed by atoms with van der Waals surface area (Å²) in [5.41, 5.74) is 4.74. The van der Waals surface area contributed by atoms with Crippen molar-refractivity contribution in [2.24, 2.45) is 0 Å². The number of hydrogen-bond donors (Lipinski definition) is 0. The summed E-state index contributed by atoms with van der Waals surface area (Å²) >= 11 is 6.49. The molecule has 1 fully saturated rings. The third-order valence-electron chi connectivity index (χ3n) is 3.00. The fourth-order valence-corrected chi connectivity index (χ4v) is 3.26. The Kier molecular flexibility index (Phi) is 3.59. The van der Waals surface area contributed by atoms with Gasteiger partial charge in [0.25, 0.3) is 5.91 Å². The number of carbonyl (C=O) groups excluding carboxylic acids is 1. The molecule has 0 atom stereocenters. The lowest BCUT2D eigenvalue weighted by molar-refractivity contribution is -0.121. The van der Waals surface area contributed by atoms with E-state index in [0.29, 0.717) is 9.23 Å². The van der Waals surface area contributed by atoms with Crippen molar-refractivity contribution in [2.45, 2.75) is 20.8 Å². The van der Waals surface area contributed by atoms with Crippen molar-refractivity contribution >= 4 is 40.3 Å². The van der Waals surface area contributed by atoms with Gasteiger partial charge in [0.05, 0.1) is 4.91 Å². The average Bonchev–Trinajstić information content (AvgIpc) is 2.51. The van der Waals surface area contributed by atoms with Crippen LogP contribution >= 0.6 is 24.0 Å². The van der Waals surface area contributed by atoms with Gasteiger partial charge in [-0.1, -0.05) is 41.7 Å². The molecule has 0 radical (unpaired) electrons. The molecule has 0 aliphatic carbocycles. The van der Waals surface area contributed by atoms with Crippen molar-refractivity contribution in [2.75, 3.05) is 7.05 Å². The summed E-state index contributed by atoms with van der Waals surface area (Å²) in [7, 11) is 1.72. The number of benzene rings is 1. The van der Waals surface area contributed by atoms with E-state index in [0.717, 1.165) is 5.56 Å². The average molecular weight is 277 g/mol. The minimum Gasteiger partial charge on any atom is -0.296 e. The highest BCUT2D eigenvalue weighted by molar-refractivity contribution is 8.26. The first-order chi connectivity index (χ1) is 8.40. The lowest BCUT2D eigenvalue weighted by Gasteiger charge is -2.08. The van der Waals surface area contributed by atoms with Crippen LogP contribution in [0, 0.1) is 20.8 Å². The number of nitrogens with zero attached hydrogens (tertiary/aromatic N) is 1. The number of amides is 1. The number of hydrogen-bond acceptors (Lipinski definition) is 3. The Hall–Kier alpha value is -1.13. The molecule has 0 bridgehead atoms. The Morgan fingerprint density at radius 2 is 1.78 bits per heavy atom. The zero-order valence-electron chi connectivity index (χ0n) is 10.9. The fraction of sp³-hybridized carbons (Fsp3) is 0.286. The zero-order chi connectivity index (χ0) is 13.4. The van der Waals surface area contributed by atoms with E-state index < -0.39 is 0 Å². The van der Waals surface area contributed by atoms with Crippen LogP contribution in [0.25, 0.3) is 6.08 Å². The smallest absolute Gasteiger partial charge is 0.265 e. The van der Waals surface area contributed by atoms with E-state index in [9.17, 15) is 4.79 Å². The highest BCUT2D eigenvalue weighted by Crippen LogP contribution is 2.32. The van der Waals surface area contributed by atoms with Crippen LogP contribution in [0.3, 0.4) is 0 Å². The van der Waals surface area contributed by atoms with Gasteiger partial charge in [0.1, 0.15) is 4.32 Å². The first-order valence-corrected chi connectivity index (χ1v) is 6.92. The molecule has 94 valence electrons. The van der Waals surface area contributed by atoms with Crippen molar-refractivity contribution in [3.8, 4) is 0 Å². The fourth-order valence-electron chi connectivity index (χ4n) is 2.10. The van der Waals surface area contributed by atoms with Gasteiger partial charge in [0, 0.05) is 7.05 Å². The van der Waals surface area contributed by atoms with Crippen molar-refractivity contribution in [1.29, 1.82) is 0 Å². The number of rotatable bonds is 1. The van der Waals surface area contributed by atoms with E-state index in [4.69, 9.17) is 12.2 Å². The summed E-state index contributed by atoms with van der Waals surface area (Å²) in [5, 5.41) is 0. The summed E-state index contributed by atoms with van der Waals surface area (Å²) in [5.74, 6) is -0.00984. The molecular weight excluding hydrogens is 262 g/mol. The van der Waals surface area contributed by atoms with E-state index in [2.05, 4.69) is 32.9 Å². The highest BCUT2D eigenvalue weighted by Gasteiger charge is 2.28. The molecular formula is C14H15NOS2. The largest absolute Gasteiger partial charge is 0.296 e. The van der Waals surface area contributed by atoms with Crippen LogP contribution in [0.5, 0.6) is 0 Å². The van der Waals surface area contributed by atoms with Crippen molar-refractivity contribution < 1.29 is 4.79 Å². The summed E-state index contributed by atoms with van der Waals surface area (Å²) in [6.45, 7) is 6.21. The number of aryl methyl sites for hydroxylation is 3. The molecule has 0 unspecified atom stereocenters. The molecule has 4 heteroatoms. The Balaban J connectivity index is 2.47. The normalized spacial score (nSPS) is 18.0. The van der Waals surface area contributed by atoms with Crippen LogP contribution in [-0.2, 0) is 4.79 Å². The van der Waals surface area contributed by atoms with Gasteiger partial charge in [-0.2, -0.15) is 0 Å². The van der Waals surface area contributed by atoms with Gasteiger partial charge < -0.3 is 0 Å². The topological polar surface area (TPSA) is 20.3 Å². The molecule has 0 N–H and O–H groups in total. The van der Waals surface area contributed by atoms with Crippen LogP contribution in [0.15, 0.2) is 17.0 Å². The first kappa shape index (κ1) is 13.3. The minimum atomic E-state index is -0.00984. The second-order valence-electron chi connectivity index (χ2n) is 4.55. The van der Waals surface area contributed by atoms with Gasteiger partial charge in [0.2, 0.25) is 0 Å². The molecule has 0 aromatic heterocycles. The van der Waals surface area contributed by atoms with Gasteiger partial charge in [0.15, 0.2) is 0 Å². The highest BCUT2D eigenvalue weighted by atomic mass is 32.2. The van der Waals surface area contributed by atoms with Crippen molar-refractivity contribution in [1.82, 2.24) is 4.90 Å². The molecule has 1 aliphatic rings. The molecule has 0 saturated carbocycles. The Morgan fingerprint density at radius 3 is 2.22 bits per heavy atom. The summed E-state index contributed by atoms with van der Waals surface area (Å²) in [6.07, 6.45) is 1.95. The maximum absolute atomic E-state index is 12.0. The van der Waals surface area contributed by atoms with Crippen molar-refractivity contribution in [3.63, 3.8) is 0 Å². The Morgan fingerprint density at radius 1 is 1.22 bits per heavy atom. The van der Waals surface area contributed by atoms with Crippen LogP contribution in [0.2, 0.25) is 0 Å². The summed E-state index contributed by atoms with van der Waals surface area (Å²) < 4.78 is 0.619. The number of thioether (sulfide) groups is 1. The first-order valence-electron chi connectivity index (χ1n) is 5.69. The summed E-state index contributed by atoms with van der Waals surface area (Å²) in [4.78, 5) is 14.2. The molecule has 1 amide bonds. The number of thiocarbonyl (C=S) groups is 1. The van der Waals surface area contributed by atoms with Gasteiger partial charge in [-0.25, -0.2) is 0 Å². The van der Waals surface area contributed by atoms with Gasteiger partial charge in [-0.05, 0) is 43.5 Å². The zero-order valence-corrected chi connectivity index (χ0v) is 12.5. The van der Waals surface area contributed by atoms with Crippen LogP contribution in [0.4, 0.5) is 0 Å². The maximum atomic E-state index is 12.0. The van der Waals surface area contributed by atoms with E-state index in [1.165, 1.54) is 33.4 Å². The third kappa shape index (κ3) is 2.35. The van der Waals surface area contributed by atoms with Crippen LogP contribution in [-0.4, -0.2) is 22.2 Å². The molecule has 1 aliphatic heterocycles. The molecule has 18 heavy (non-hydrogen) atoms. The second kappa shape index (κ2) is 4.86. The summed E-state index contributed by atoms with van der Waals surface area (Å²) in [6, 6.07) is 4.26. The molecule has 1 aromatic rings. The van der Waals surface area contributed by atoms with Crippen LogP contribution in [0.1, 0.15) is 22.3 Å². The standard InChI is InChI=1S/C14H15NOS2/c1-8-5-9(2)11(10(3)6-8)7-12-13(16)15(4)14(17)18-12/h5-7H,1-4H3/b12-7+. The van der Waals surface area contributed by atoms with E-state index >= 15 is 0 Å². The monoisotopic (exact) mass is 277 g/mol. The van der Waals surface area contributed by atoms with Gasteiger partial charge in [-0.3, -0.25) is 9.69 Å². The second-order valence-corrected chi connectivity index (χ2v) is 6.23. The SMILES string of the molecule is Cc1cc(C)c(/C=C2/SC(=S)N(C)C2=O)c(C)c1. The van der Waals surface area contributed by atoms with Gasteiger partial charge in [-0.15, -0.1) is 0 Å². The molecule has 1 aromatic carbocycles.